The summed E-state index contributed by atoms with van der Waals surface area (Å²) in [5, 5.41) is 3.64. The van der Waals surface area contributed by atoms with Gasteiger partial charge in [-0.15, -0.1) is 0 Å². The Bertz CT molecular complexity index is 1360. The lowest BCUT2D eigenvalue weighted by molar-refractivity contribution is 0.0175. The van der Waals surface area contributed by atoms with Crippen molar-refractivity contribution in [3.8, 4) is 11.3 Å². The molecule has 0 atom stereocenters. The Hall–Kier alpha value is -3.71. The summed E-state index contributed by atoms with van der Waals surface area (Å²) in [6.07, 6.45) is 4.27. The van der Waals surface area contributed by atoms with Crippen molar-refractivity contribution in [1.82, 2.24) is 14.9 Å². The fourth-order valence-electron chi connectivity index (χ4n) is 4.42. The number of fused-ring (bicyclic) bond motifs is 1. The van der Waals surface area contributed by atoms with E-state index in [4.69, 9.17) is 0 Å². The van der Waals surface area contributed by atoms with Gasteiger partial charge < -0.3 is 5.32 Å². The van der Waals surface area contributed by atoms with Crippen LogP contribution >= 0.6 is 0 Å². The average molecular weight is 473 g/mol. The molecule has 5 nitrogen and oxygen atoms in total. The molecule has 1 N–H and O–H groups in total. The van der Waals surface area contributed by atoms with Gasteiger partial charge in [-0.25, -0.2) is 18.7 Å². The average Bonchev–Trinajstić information content (AvgIpc) is 3.37. The topological polar surface area (TPSA) is 58.1 Å². The standard InChI is InChI=1S/C28H26F2N4O/c1-28(29,30)22-8-4-7-21(16-22)24-12-11-20-6-5-9-23(26(20)32-24)27(35)33-25-13-10-19(17-31-25)18-34-14-2-3-15-34/h4-13,16-17H,2-3,14-15,18H2,1H3,(H,31,33,35). The first kappa shape index (κ1) is 23.1. The van der Waals surface area contributed by atoms with E-state index in [2.05, 4.69) is 20.2 Å². The zero-order chi connectivity index (χ0) is 24.4. The van der Waals surface area contributed by atoms with Gasteiger partial charge in [0.25, 0.3) is 11.8 Å². The Morgan fingerprint density at radius 2 is 1.83 bits per heavy atom. The Balaban J connectivity index is 1.39. The number of benzene rings is 2. The van der Waals surface area contributed by atoms with Gasteiger partial charge in [0.15, 0.2) is 0 Å². The summed E-state index contributed by atoms with van der Waals surface area (Å²) < 4.78 is 27.6. The highest BCUT2D eigenvalue weighted by Gasteiger charge is 2.24. The van der Waals surface area contributed by atoms with Crippen LogP contribution < -0.4 is 5.32 Å². The van der Waals surface area contributed by atoms with Crippen molar-refractivity contribution in [2.45, 2.75) is 32.2 Å². The molecule has 0 unspecified atom stereocenters. The second kappa shape index (κ2) is 9.50. The quantitative estimate of drug-likeness (QED) is 0.360. The molecule has 2 aromatic carbocycles. The molecular weight excluding hydrogens is 446 g/mol. The third-order valence-electron chi connectivity index (χ3n) is 6.30. The van der Waals surface area contributed by atoms with Crippen molar-refractivity contribution in [1.29, 1.82) is 0 Å². The molecule has 1 fully saturated rings. The van der Waals surface area contributed by atoms with E-state index in [1.165, 1.54) is 25.0 Å². The third-order valence-corrected chi connectivity index (χ3v) is 6.30. The molecule has 1 aliphatic rings. The van der Waals surface area contributed by atoms with E-state index in [1.807, 2.05) is 24.3 Å². The second-order valence-electron chi connectivity index (χ2n) is 9.03. The lowest BCUT2D eigenvalue weighted by atomic mass is 10.0. The zero-order valence-corrected chi connectivity index (χ0v) is 19.5. The van der Waals surface area contributed by atoms with E-state index in [0.717, 1.165) is 37.5 Å². The van der Waals surface area contributed by atoms with Crippen molar-refractivity contribution in [3.05, 3.63) is 89.6 Å². The normalized spacial score (nSPS) is 14.4. The van der Waals surface area contributed by atoms with Gasteiger partial charge in [-0.2, -0.15) is 0 Å². The molecule has 0 saturated carbocycles. The third kappa shape index (κ3) is 5.20. The molecule has 35 heavy (non-hydrogen) atoms. The number of aromatic nitrogens is 2. The van der Waals surface area contributed by atoms with E-state index < -0.39 is 5.92 Å². The molecule has 1 aliphatic heterocycles. The van der Waals surface area contributed by atoms with Crippen molar-refractivity contribution in [2.75, 3.05) is 18.4 Å². The van der Waals surface area contributed by atoms with E-state index in [0.29, 0.717) is 28.2 Å². The first-order valence-corrected chi connectivity index (χ1v) is 11.7. The number of carbonyl (C=O) groups excluding carboxylic acids is 1. The highest BCUT2D eigenvalue weighted by Crippen LogP contribution is 2.31. The van der Waals surface area contributed by atoms with Crippen LogP contribution in [0.5, 0.6) is 0 Å². The number of likely N-dealkylation sites (tertiary alicyclic amines) is 1. The molecule has 178 valence electrons. The highest BCUT2D eigenvalue weighted by molar-refractivity contribution is 6.11. The van der Waals surface area contributed by atoms with Gasteiger partial charge >= 0.3 is 0 Å². The Morgan fingerprint density at radius 1 is 1.03 bits per heavy atom. The smallest absolute Gasteiger partial charge is 0.270 e. The minimum Gasteiger partial charge on any atom is -0.306 e. The number of halogens is 2. The highest BCUT2D eigenvalue weighted by atomic mass is 19.3. The SMILES string of the molecule is CC(F)(F)c1cccc(-c2ccc3cccc(C(=O)Nc4ccc(CN5CCCC5)cn4)c3n2)c1. The first-order valence-electron chi connectivity index (χ1n) is 11.7. The Morgan fingerprint density at radius 3 is 2.57 bits per heavy atom. The zero-order valence-electron chi connectivity index (χ0n) is 19.5. The van der Waals surface area contributed by atoms with Crippen LogP contribution in [0.1, 0.15) is 41.3 Å². The maximum Gasteiger partial charge on any atom is 0.270 e. The van der Waals surface area contributed by atoms with Crippen molar-refractivity contribution in [2.24, 2.45) is 0 Å². The van der Waals surface area contributed by atoms with Crippen molar-refractivity contribution in [3.63, 3.8) is 0 Å². The van der Waals surface area contributed by atoms with Crippen LogP contribution in [0.15, 0.2) is 72.9 Å². The number of nitrogens with zero attached hydrogens (tertiary/aromatic N) is 3. The minimum atomic E-state index is -2.95. The molecule has 5 rings (SSSR count). The second-order valence-corrected chi connectivity index (χ2v) is 9.03. The summed E-state index contributed by atoms with van der Waals surface area (Å²) in [4.78, 5) is 24.6. The maximum atomic E-state index is 13.8. The summed E-state index contributed by atoms with van der Waals surface area (Å²) in [7, 11) is 0. The van der Waals surface area contributed by atoms with Crippen LogP contribution in [0.4, 0.5) is 14.6 Å². The lowest BCUT2D eigenvalue weighted by Gasteiger charge is -2.14. The molecule has 4 aromatic rings. The number of alkyl halides is 2. The molecule has 2 aromatic heterocycles. The number of pyridine rings is 2. The Labute approximate surface area is 202 Å². The molecule has 0 radical (unpaired) electrons. The van der Waals surface area contributed by atoms with Gasteiger partial charge in [0.05, 0.1) is 16.8 Å². The predicted molar refractivity (Wildman–Crippen MR) is 133 cm³/mol. The number of carbonyl (C=O) groups is 1. The number of rotatable bonds is 6. The first-order chi connectivity index (χ1) is 16.9. The number of amides is 1. The lowest BCUT2D eigenvalue weighted by Crippen LogP contribution is -2.18. The van der Waals surface area contributed by atoms with Gasteiger partial charge in [-0.3, -0.25) is 9.69 Å². The van der Waals surface area contributed by atoms with Crippen LogP contribution in [0.3, 0.4) is 0 Å². The molecule has 0 aliphatic carbocycles. The summed E-state index contributed by atoms with van der Waals surface area (Å²) >= 11 is 0. The number of hydrogen-bond donors (Lipinski definition) is 1. The van der Waals surface area contributed by atoms with Gasteiger partial charge in [-0.05, 0) is 55.8 Å². The molecule has 1 amide bonds. The van der Waals surface area contributed by atoms with Crippen LogP contribution in [-0.2, 0) is 12.5 Å². The molecule has 0 spiro atoms. The molecule has 1 saturated heterocycles. The van der Waals surface area contributed by atoms with Crippen LogP contribution in [0, 0.1) is 0 Å². The van der Waals surface area contributed by atoms with Crippen LogP contribution in [-0.4, -0.2) is 33.9 Å². The predicted octanol–water partition coefficient (Wildman–Crippen LogP) is 6.26. The number of hydrogen-bond acceptors (Lipinski definition) is 4. The van der Waals surface area contributed by atoms with Crippen molar-refractivity contribution >= 4 is 22.6 Å². The number of anilines is 1. The fourth-order valence-corrected chi connectivity index (χ4v) is 4.42. The molecule has 3 heterocycles. The van der Waals surface area contributed by atoms with Gasteiger partial charge in [0.2, 0.25) is 0 Å². The fraction of sp³-hybridized carbons (Fsp3) is 0.250. The van der Waals surface area contributed by atoms with E-state index in [9.17, 15) is 13.6 Å². The number of para-hydroxylation sites is 1. The molecule has 7 heteroatoms. The number of nitrogens with one attached hydrogen (secondary N) is 1. The van der Waals surface area contributed by atoms with Crippen LogP contribution in [0.25, 0.3) is 22.2 Å². The summed E-state index contributed by atoms with van der Waals surface area (Å²) in [6, 6.07) is 18.9. The molecule has 0 bridgehead atoms. The maximum absolute atomic E-state index is 13.8. The van der Waals surface area contributed by atoms with E-state index >= 15 is 0 Å². The van der Waals surface area contributed by atoms with Gasteiger partial charge in [0.1, 0.15) is 5.82 Å². The summed E-state index contributed by atoms with van der Waals surface area (Å²) in [6.45, 7) is 3.96. The van der Waals surface area contributed by atoms with Gasteiger partial charge in [0, 0.05) is 36.2 Å². The minimum absolute atomic E-state index is 0.0813. The van der Waals surface area contributed by atoms with Gasteiger partial charge in [-0.1, -0.05) is 42.5 Å². The summed E-state index contributed by atoms with van der Waals surface area (Å²) in [5.41, 5.74) is 3.01. The van der Waals surface area contributed by atoms with E-state index in [-0.39, 0.29) is 11.5 Å². The van der Waals surface area contributed by atoms with Crippen LogP contribution in [0.2, 0.25) is 0 Å². The van der Waals surface area contributed by atoms with Crippen molar-refractivity contribution < 1.29 is 13.6 Å². The molecular formula is C28H26F2N4O. The summed E-state index contributed by atoms with van der Waals surface area (Å²) in [5.74, 6) is -2.81. The van der Waals surface area contributed by atoms with E-state index in [1.54, 1.807) is 36.5 Å². The monoisotopic (exact) mass is 472 g/mol. The largest absolute Gasteiger partial charge is 0.306 e. The Kier molecular flexibility index (Phi) is 6.26.